The molecule has 0 unspecified atom stereocenters. The van der Waals surface area contributed by atoms with E-state index in [-0.39, 0.29) is 5.56 Å². The Bertz CT molecular complexity index is 787. The summed E-state index contributed by atoms with van der Waals surface area (Å²) in [6.07, 6.45) is 0.805. The van der Waals surface area contributed by atoms with Crippen LogP contribution < -0.4 is 4.90 Å². The van der Waals surface area contributed by atoms with E-state index in [1.807, 2.05) is 0 Å². The Hall–Kier alpha value is -1.89. The molecule has 24 heavy (non-hydrogen) atoms. The Morgan fingerprint density at radius 2 is 2.00 bits per heavy atom. The molecule has 2 heterocycles. The molecule has 3 nitrogen and oxygen atoms in total. The molecule has 126 valence electrons. The van der Waals surface area contributed by atoms with Gasteiger partial charge in [0, 0.05) is 24.1 Å². The smallest absolute Gasteiger partial charge is 0.347 e. The zero-order valence-electron chi connectivity index (χ0n) is 12.8. The van der Waals surface area contributed by atoms with Crippen molar-refractivity contribution in [2.45, 2.75) is 25.4 Å². The van der Waals surface area contributed by atoms with Crippen LogP contribution in [-0.4, -0.2) is 23.9 Å². The van der Waals surface area contributed by atoms with Gasteiger partial charge >= 0.3 is 6.18 Å². The zero-order chi connectivity index (χ0) is 16.9. The van der Waals surface area contributed by atoms with Crippen LogP contribution in [0.15, 0.2) is 30.5 Å². The van der Waals surface area contributed by atoms with Crippen LogP contribution in [-0.2, 0) is 6.18 Å². The largest absolute Gasteiger partial charge is 0.416 e. The number of benzene rings is 1. The first-order valence-corrected chi connectivity index (χ1v) is 8.61. The third-order valence-corrected chi connectivity index (χ3v) is 5.96. The third kappa shape index (κ3) is 2.60. The summed E-state index contributed by atoms with van der Waals surface area (Å²) in [4.78, 5) is 19.2. The number of hydrogen-bond donors (Lipinski definition) is 0. The predicted octanol–water partition coefficient (Wildman–Crippen LogP) is 4.38. The number of carbonyl (C=O) groups is 1. The fourth-order valence-electron chi connectivity index (χ4n) is 3.39. The number of halogens is 3. The van der Waals surface area contributed by atoms with Gasteiger partial charge in [-0.05, 0) is 25.0 Å². The summed E-state index contributed by atoms with van der Waals surface area (Å²) < 4.78 is 38.3. The van der Waals surface area contributed by atoms with Gasteiger partial charge in [-0.1, -0.05) is 29.9 Å². The molecule has 1 aromatic carbocycles. The summed E-state index contributed by atoms with van der Waals surface area (Å²) in [5.41, 5.74) is -0.316. The van der Waals surface area contributed by atoms with Crippen molar-refractivity contribution in [1.29, 1.82) is 0 Å². The molecule has 1 aliphatic carbocycles. The maximum Gasteiger partial charge on any atom is 0.416 e. The number of anilines is 1. The highest BCUT2D eigenvalue weighted by molar-refractivity contribution is 7.17. The first-order valence-electron chi connectivity index (χ1n) is 7.79. The summed E-state index contributed by atoms with van der Waals surface area (Å²) in [5, 5.41) is 0.780. The number of ketones is 1. The van der Waals surface area contributed by atoms with Crippen molar-refractivity contribution in [3.05, 3.63) is 46.5 Å². The van der Waals surface area contributed by atoms with E-state index in [1.54, 1.807) is 0 Å². The molecule has 1 saturated heterocycles. The van der Waals surface area contributed by atoms with E-state index in [0.29, 0.717) is 10.3 Å². The molecule has 4 rings (SSSR count). The van der Waals surface area contributed by atoms with Crippen LogP contribution in [0.3, 0.4) is 0 Å². The van der Waals surface area contributed by atoms with Gasteiger partial charge in [-0.25, -0.2) is 4.98 Å². The lowest BCUT2D eigenvalue weighted by atomic mass is 9.64. The minimum atomic E-state index is -4.45. The van der Waals surface area contributed by atoms with Crippen molar-refractivity contribution in [3.63, 3.8) is 0 Å². The number of rotatable bonds is 3. The Labute approximate surface area is 141 Å². The second kappa shape index (κ2) is 5.31. The predicted molar refractivity (Wildman–Crippen MR) is 85.5 cm³/mol. The number of nitrogens with zero attached hydrogens (tertiary/aromatic N) is 2. The maximum absolute atomic E-state index is 12.8. The molecular formula is C17H15F3N2OS. The molecule has 2 fully saturated rings. The van der Waals surface area contributed by atoms with Crippen molar-refractivity contribution < 1.29 is 18.0 Å². The number of thiazole rings is 1. The Balaban J connectivity index is 1.51. The molecule has 0 radical (unpaired) electrons. The topological polar surface area (TPSA) is 33.2 Å². The van der Waals surface area contributed by atoms with Crippen molar-refractivity contribution in [2.75, 3.05) is 18.0 Å². The van der Waals surface area contributed by atoms with E-state index in [0.717, 1.165) is 30.4 Å². The molecule has 2 aromatic rings. The van der Waals surface area contributed by atoms with Crippen LogP contribution in [0.25, 0.3) is 0 Å². The summed E-state index contributed by atoms with van der Waals surface area (Å²) in [6.45, 7) is 1.94. The Kier molecular flexibility index (Phi) is 3.46. The molecule has 0 amide bonds. The van der Waals surface area contributed by atoms with Gasteiger partial charge in [-0.15, -0.1) is 0 Å². The van der Waals surface area contributed by atoms with E-state index in [2.05, 4.69) is 9.88 Å². The van der Waals surface area contributed by atoms with Crippen LogP contribution in [0.5, 0.6) is 0 Å². The van der Waals surface area contributed by atoms with Crippen molar-refractivity contribution in [3.8, 4) is 0 Å². The van der Waals surface area contributed by atoms with Gasteiger partial charge < -0.3 is 4.90 Å². The van der Waals surface area contributed by atoms with Crippen LogP contribution in [0, 0.1) is 5.41 Å². The molecule has 0 atom stereocenters. The first-order chi connectivity index (χ1) is 11.4. The Morgan fingerprint density at radius 3 is 2.62 bits per heavy atom. The van der Waals surface area contributed by atoms with Gasteiger partial charge in [-0.2, -0.15) is 13.2 Å². The van der Waals surface area contributed by atoms with E-state index in [9.17, 15) is 18.0 Å². The van der Waals surface area contributed by atoms with E-state index in [4.69, 9.17) is 0 Å². The molecule has 0 bridgehead atoms. The maximum atomic E-state index is 12.8. The van der Waals surface area contributed by atoms with Crippen LogP contribution in [0.2, 0.25) is 0 Å². The molecule has 1 aromatic heterocycles. The van der Waals surface area contributed by atoms with Gasteiger partial charge in [0.25, 0.3) is 0 Å². The molecule has 2 aliphatic rings. The van der Waals surface area contributed by atoms with Crippen LogP contribution in [0.1, 0.15) is 40.1 Å². The Morgan fingerprint density at radius 1 is 1.25 bits per heavy atom. The van der Waals surface area contributed by atoms with Gasteiger partial charge in [0.2, 0.25) is 5.78 Å². The summed E-state index contributed by atoms with van der Waals surface area (Å²) >= 11 is 1.25. The lowest BCUT2D eigenvalue weighted by molar-refractivity contribution is -0.137. The highest BCUT2D eigenvalue weighted by Crippen LogP contribution is 2.49. The quantitative estimate of drug-likeness (QED) is 0.769. The standard InChI is InChI=1S/C17H15F3N2OS/c18-17(19,20)12-4-1-3-11(7-12)14(23)13-8-21-15(24-13)22-9-16(10-22)5-2-6-16/h1,3-4,7-8H,2,5-6,9-10H2. The molecule has 1 aliphatic heterocycles. The van der Waals surface area contributed by atoms with Crippen molar-refractivity contribution >= 4 is 22.3 Å². The third-order valence-electron chi connectivity index (χ3n) is 4.91. The normalized spacial score (nSPS) is 19.0. The molecule has 0 N–H and O–H groups in total. The van der Waals surface area contributed by atoms with E-state index < -0.39 is 17.5 Å². The van der Waals surface area contributed by atoms with E-state index >= 15 is 0 Å². The second-order valence-corrected chi connectivity index (χ2v) is 7.63. The van der Waals surface area contributed by atoms with E-state index in [1.165, 1.54) is 48.9 Å². The monoisotopic (exact) mass is 352 g/mol. The molecule has 1 saturated carbocycles. The first kappa shape index (κ1) is 15.6. The molecular weight excluding hydrogens is 337 g/mol. The van der Waals surface area contributed by atoms with Gasteiger partial charge in [-0.3, -0.25) is 4.79 Å². The highest BCUT2D eigenvalue weighted by atomic mass is 32.1. The van der Waals surface area contributed by atoms with Gasteiger partial charge in [0.1, 0.15) is 0 Å². The highest BCUT2D eigenvalue weighted by Gasteiger charge is 2.48. The minimum absolute atomic E-state index is 0.0408. The van der Waals surface area contributed by atoms with Crippen LogP contribution in [0.4, 0.5) is 18.3 Å². The lowest BCUT2D eigenvalue weighted by Crippen LogP contribution is -2.59. The minimum Gasteiger partial charge on any atom is -0.347 e. The lowest BCUT2D eigenvalue weighted by Gasteiger charge is -2.55. The molecule has 7 heteroatoms. The van der Waals surface area contributed by atoms with Crippen LogP contribution >= 0.6 is 11.3 Å². The SMILES string of the molecule is O=C(c1cccc(C(F)(F)F)c1)c1cnc(N2CC3(CCC3)C2)s1. The average molecular weight is 352 g/mol. The van der Waals surface area contributed by atoms with Gasteiger partial charge in [0.05, 0.1) is 16.6 Å². The number of aromatic nitrogens is 1. The zero-order valence-corrected chi connectivity index (χ0v) is 13.6. The fourth-order valence-corrected chi connectivity index (χ4v) is 4.26. The van der Waals surface area contributed by atoms with Crippen molar-refractivity contribution in [2.24, 2.45) is 5.41 Å². The summed E-state index contributed by atoms with van der Waals surface area (Å²) in [7, 11) is 0. The second-order valence-electron chi connectivity index (χ2n) is 6.62. The number of carbonyl (C=O) groups excluding carboxylic acids is 1. The fraction of sp³-hybridized carbons (Fsp3) is 0.412. The van der Waals surface area contributed by atoms with Crippen molar-refractivity contribution in [1.82, 2.24) is 4.98 Å². The van der Waals surface area contributed by atoms with Gasteiger partial charge in [0.15, 0.2) is 5.13 Å². The summed E-state index contributed by atoms with van der Waals surface area (Å²) in [5.74, 6) is -0.413. The number of hydrogen-bond acceptors (Lipinski definition) is 4. The average Bonchev–Trinajstić information content (AvgIpc) is 2.92. The molecule has 1 spiro atoms. The summed E-state index contributed by atoms with van der Waals surface area (Å²) in [6, 6.07) is 4.53. The number of alkyl halides is 3.